The van der Waals surface area contributed by atoms with Crippen molar-refractivity contribution in [1.29, 1.82) is 0 Å². The predicted molar refractivity (Wildman–Crippen MR) is 163 cm³/mol. The number of nitrogens with zero attached hydrogens (tertiary/aromatic N) is 2. The van der Waals surface area contributed by atoms with Gasteiger partial charge in [0.25, 0.3) is 0 Å². The molecule has 41 heavy (non-hydrogen) atoms. The number of imidazole rings is 1. The van der Waals surface area contributed by atoms with E-state index < -0.39 is 0 Å². The molecule has 1 amide bonds. The van der Waals surface area contributed by atoms with Crippen molar-refractivity contribution >= 4 is 34.2 Å². The van der Waals surface area contributed by atoms with Gasteiger partial charge in [-0.3, -0.25) is 4.79 Å². The van der Waals surface area contributed by atoms with Crippen molar-refractivity contribution in [1.82, 2.24) is 9.55 Å². The predicted octanol–water partition coefficient (Wildman–Crippen LogP) is 9.21. The standard InChI is InChI=1S/C34H31ClFN3O2/c1-22(40)37-26-15-17-29(23-11-13-25(35)14-12-23)24(19-26)21-41-28-16-18-30(31(36)20-28)34-38-32-9-5-6-10-33(32)39(34)27-7-3-2-4-8-27/h5-6,9-20,27H,2-4,7-8,21H2,1H3,(H,37,40). The van der Waals surface area contributed by atoms with Crippen molar-refractivity contribution in [3.63, 3.8) is 0 Å². The highest BCUT2D eigenvalue weighted by molar-refractivity contribution is 6.30. The Balaban J connectivity index is 1.30. The number of aromatic nitrogens is 2. The van der Waals surface area contributed by atoms with E-state index in [1.54, 1.807) is 12.1 Å². The summed E-state index contributed by atoms with van der Waals surface area (Å²) in [6.07, 6.45) is 5.74. The van der Waals surface area contributed by atoms with Gasteiger partial charge in [0.1, 0.15) is 24.0 Å². The molecular weight excluding hydrogens is 537 g/mol. The Hall–Kier alpha value is -4.16. The van der Waals surface area contributed by atoms with Crippen molar-refractivity contribution in [2.75, 3.05) is 5.32 Å². The molecule has 1 N–H and O–H groups in total. The number of benzene rings is 4. The molecule has 1 heterocycles. The van der Waals surface area contributed by atoms with E-state index in [1.807, 2.05) is 60.7 Å². The fraction of sp³-hybridized carbons (Fsp3) is 0.235. The number of halogens is 2. The average Bonchev–Trinajstić information content (AvgIpc) is 3.36. The SMILES string of the molecule is CC(=O)Nc1ccc(-c2ccc(Cl)cc2)c(COc2ccc(-c3nc4ccccc4n3C3CCCCC3)c(F)c2)c1. The third-order valence-electron chi connectivity index (χ3n) is 7.69. The monoisotopic (exact) mass is 567 g/mol. The van der Waals surface area contributed by atoms with Gasteiger partial charge in [0.2, 0.25) is 5.91 Å². The molecule has 1 aromatic heterocycles. The number of carbonyl (C=O) groups is 1. The first-order valence-corrected chi connectivity index (χ1v) is 14.4. The molecule has 5 aromatic rings. The van der Waals surface area contributed by atoms with E-state index in [0.717, 1.165) is 40.6 Å². The highest BCUT2D eigenvalue weighted by Crippen LogP contribution is 2.37. The van der Waals surface area contributed by atoms with Crippen molar-refractivity contribution < 1.29 is 13.9 Å². The van der Waals surface area contributed by atoms with E-state index >= 15 is 4.39 Å². The van der Waals surface area contributed by atoms with Gasteiger partial charge in [-0.15, -0.1) is 0 Å². The van der Waals surface area contributed by atoms with Crippen LogP contribution in [0.1, 0.15) is 50.6 Å². The lowest BCUT2D eigenvalue weighted by atomic mass is 9.95. The molecule has 208 valence electrons. The minimum atomic E-state index is -0.375. The Bertz CT molecular complexity index is 1710. The molecule has 0 bridgehead atoms. The van der Waals surface area contributed by atoms with Crippen LogP contribution in [-0.4, -0.2) is 15.5 Å². The number of nitrogens with one attached hydrogen (secondary N) is 1. The number of hydrogen-bond acceptors (Lipinski definition) is 3. The molecule has 6 rings (SSSR count). The van der Waals surface area contributed by atoms with Gasteiger partial charge in [-0.25, -0.2) is 9.37 Å². The molecule has 0 spiro atoms. The Labute approximate surface area is 243 Å². The maximum absolute atomic E-state index is 15.7. The van der Waals surface area contributed by atoms with E-state index in [0.29, 0.717) is 33.9 Å². The Morgan fingerprint density at radius 2 is 1.73 bits per heavy atom. The number of para-hydroxylation sites is 2. The normalized spacial score (nSPS) is 13.8. The van der Waals surface area contributed by atoms with Gasteiger partial charge in [-0.2, -0.15) is 0 Å². The Kier molecular flexibility index (Phi) is 7.75. The van der Waals surface area contributed by atoms with Gasteiger partial charge in [0.15, 0.2) is 0 Å². The first kappa shape index (κ1) is 27.0. The minimum absolute atomic E-state index is 0.159. The van der Waals surface area contributed by atoms with Crippen LogP contribution in [0.2, 0.25) is 5.02 Å². The fourth-order valence-corrected chi connectivity index (χ4v) is 5.90. The number of rotatable bonds is 7. The third kappa shape index (κ3) is 5.84. The first-order valence-electron chi connectivity index (χ1n) is 14.0. The average molecular weight is 568 g/mol. The van der Waals surface area contributed by atoms with Crippen LogP contribution in [0.5, 0.6) is 5.75 Å². The quantitative estimate of drug-likeness (QED) is 0.213. The second-order valence-corrected chi connectivity index (χ2v) is 11.0. The van der Waals surface area contributed by atoms with Gasteiger partial charge in [-0.05, 0) is 78.1 Å². The van der Waals surface area contributed by atoms with Crippen LogP contribution >= 0.6 is 11.6 Å². The summed E-state index contributed by atoms with van der Waals surface area (Å²) in [5, 5.41) is 3.47. The molecule has 0 saturated heterocycles. The first-order chi connectivity index (χ1) is 20.0. The smallest absolute Gasteiger partial charge is 0.221 e. The summed E-state index contributed by atoms with van der Waals surface area (Å²) in [5.74, 6) is 0.543. The molecule has 0 unspecified atom stereocenters. The molecule has 0 atom stereocenters. The van der Waals surface area contributed by atoms with Gasteiger partial charge < -0.3 is 14.6 Å². The van der Waals surface area contributed by atoms with Crippen molar-refractivity contribution in [3.8, 4) is 28.3 Å². The van der Waals surface area contributed by atoms with E-state index in [1.165, 1.54) is 32.3 Å². The molecule has 1 saturated carbocycles. The van der Waals surface area contributed by atoms with Crippen LogP contribution in [-0.2, 0) is 11.4 Å². The maximum Gasteiger partial charge on any atom is 0.221 e. The highest BCUT2D eigenvalue weighted by atomic mass is 35.5. The van der Waals surface area contributed by atoms with Gasteiger partial charge in [0, 0.05) is 29.7 Å². The molecule has 7 heteroatoms. The number of anilines is 1. The lowest BCUT2D eigenvalue weighted by Gasteiger charge is -2.25. The number of ether oxygens (including phenoxy) is 1. The van der Waals surface area contributed by atoms with Gasteiger partial charge in [0.05, 0.1) is 16.6 Å². The zero-order valence-electron chi connectivity index (χ0n) is 22.9. The molecule has 1 aliphatic rings. The number of fused-ring (bicyclic) bond motifs is 1. The molecular formula is C34H31ClFN3O2. The number of amides is 1. The molecule has 4 aromatic carbocycles. The van der Waals surface area contributed by atoms with E-state index in [2.05, 4.69) is 16.0 Å². The summed E-state index contributed by atoms with van der Waals surface area (Å²) in [6, 6.07) is 26.5. The van der Waals surface area contributed by atoms with Gasteiger partial charge in [-0.1, -0.05) is 61.2 Å². The number of hydrogen-bond donors (Lipinski definition) is 1. The van der Waals surface area contributed by atoms with Gasteiger partial charge >= 0.3 is 0 Å². The van der Waals surface area contributed by atoms with E-state index in [-0.39, 0.29) is 18.3 Å². The Morgan fingerprint density at radius 1 is 0.976 bits per heavy atom. The number of carbonyl (C=O) groups excluding carboxylic acids is 1. The topological polar surface area (TPSA) is 56.1 Å². The molecule has 5 nitrogen and oxygen atoms in total. The molecule has 1 aliphatic carbocycles. The second kappa shape index (κ2) is 11.8. The molecule has 0 radical (unpaired) electrons. The lowest BCUT2D eigenvalue weighted by molar-refractivity contribution is -0.114. The van der Waals surface area contributed by atoms with Crippen molar-refractivity contribution in [2.24, 2.45) is 0 Å². The van der Waals surface area contributed by atoms with Crippen molar-refractivity contribution in [3.05, 3.63) is 101 Å². The second-order valence-electron chi connectivity index (χ2n) is 10.6. The summed E-state index contributed by atoms with van der Waals surface area (Å²) in [6.45, 7) is 1.65. The van der Waals surface area contributed by atoms with Crippen LogP contribution in [0, 0.1) is 5.82 Å². The van der Waals surface area contributed by atoms with E-state index in [4.69, 9.17) is 21.3 Å². The summed E-state index contributed by atoms with van der Waals surface area (Å²) in [5.41, 5.74) is 5.80. The molecule has 0 aliphatic heterocycles. The third-order valence-corrected chi connectivity index (χ3v) is 7.94. The zero-order chi connectivity index (χ0) is 28.3. The zero-order valence-corrected chi connectivity index (χ0v) is 23.6. The lowest BCUT2D eigenvalue weighted by Crippen LogP contribution is -2.14. The van der Waals surface area contributed by atoms with Crippen LogP contribution in [0.3, 0.4) is 0 Å². The summed E-state index contributed by atoms with van der Waals surface area (Å²) < 4.78 is 24.1. The van der Waals surface area contributed by atoms with Crippen LogP contribution < -0.4 is 10.1 Å². The van der Waals surface area contributed by atoms with Crippen LogP contribution in [0.25, 0.3) is 33.5 Å². The fourth-order valence-electron chi connectivity index (χ4n) is 5.78. The molecule has 1 fully saturated rings. The maximum atomic E-state index is 15.7. The van der Waals surface area contributed by atoms with Crippen LogP contribution in [0.15, 0.2) is 84.9 Å². The largest absolute Gasteiger partial charge is 0.489 e. The minimum Gasteiger partial charge on any atom is -0.489 e. The van der Waals surface area contributed by atoms with Crippen molar-refractivity contribution in [2.45, 2.75) is 51.7 Å². The highest BCUT2D eigenvalue weighted by Gasteiger charge is 2.24. The summed E-state index contributed by atoms with van der Waals surface area (Å²) in [4.78, 5) is 16.5. The Morgan fingerprint density at radius 3 is 2.49 bits per heavy atom. The van der Waals surface area contributed by atoms with E-state index in [9.17, 15) is 4.79 Å². The van der Waals surface area contributed by atoms with Crippen LogP contribution in [0.4, 0.5) is 10.1 Å². The summed E-state index contributed by atoms with van der Waals surface area (Å²) >= 11 is 6.10. The summed E-state index contributed by atoms with van der Waals surface area (Å²) in [7, 11) is 0.